The Bertz CT molecular complexity index is 476. The highest BCUT2D eigenvalue weighted by Gasteiger charge is 2.01. The molecule has 0 spiro atoms. The fraction of sp³-hybridized carbons (Fsp3) is 0. The van der Waals surface area contributed by atoms with Gasteiger partial charge in [0.2, 0.25) is 0 Å². The SMILES string of the molecule is Fc1ccccc1Nc1cc(Br)ncn1. The molecular formula is C10H7BrFN3. The van der Waals surface area contributed by atoms with Gasteiger partial charge < -0.3 is 5.32 Å². The number of nitrogens with one attached hydrogen (secondary N) is 1. The first-order valence-electron chi connectivity index (χ1n) is 4.25. The second-order valence-electron chi connectivity index (χ2n) is 2.83. The maximum absolute atomic E-state index is 13.3. The minimum atomic E-state index is -0.313. The molecule has 0 aliphatic rings. The van der Waals surface area contributed by atoms with Crippen LogP contribution < -0.4 is 5.32 Å². The molecular weight excluding hydrogens is 261 g/mol. The molecule has 15 heavy (non-hydrogen) atoms. The normalized spacial score (nSPS) is 10.0. The molecule has 0 atom stereocenters. The van der Waals surface area contributed by atoms with E-state index in [-0.39, 0.29) is 5.82 Å². The molecule has 0 unspecified atom stereocenters. The second-order valence-corrected chi connectivity index (χ2v) is 3.64. The fourth-order valence-electron chi connectivity index (χ4n) is 1.10. The molecule has 0 fully saturated rings. The van der Waals surface area contributed by atoms with E-state index in [2.05, 4.69) is 31.2 Å². The summed E-state index contributed by atoms with van der Waals surface area (Å²) >= 11 is 3.21. The first-order chi connectivity index (χ1) is 7.25. The zero-order valence-electron chi connectivity index (χ0n) is 7.61. The molecule has 1 aromatic carbocycles. The van der Waals surface area contributed by atoms with Crippen LogP contribution in [0.25, 0.3) is 0 Å². The second kappa shape index (κ2) is 4.35. The van der Waals surface area contributed by atoms with Gasteiger partial charge in [-0.25, -0.2) is 14.4 Å². The Labute approximate surface area is 94.5 Å². The van der Waals surface area contributed by atoms with Gasteiger partial charge in [-0.2, -0.15) is 0 Å². The number of hydrogen-bond acceptors (Lipinski definition) is 3. The summed E-state index contributed by atoms with van der Waals surface area (Å²) < 4.78 is 13.9. The van der Waals surface area contributed by atoms with Crippen molar-refractivity contribution in [1.29, 1.82) is 0 Å². The van der Waals surface area contributed by atoms with Crippen LogP contribution in [0.2, 0.25) is 0 Å². The van der Waals surface area contributed by atoms with Crippen LogP contribution in [0.3, 0.4) is 0 Å². The van der Waals surface area contributed by atoms with Gasteiger partial charge >= 0.3 is 0 Å². The maximum atomic E-state index is 13.3. The Balaban J connectivity index is 2.26. The van der Waals surface area contributed by atoms with Crippen molar-refractivity contribution in [2.45, 2.75) is 0 Å². The van der Waals surface area contributed by atoms with Gasteiger partial charge in [-0.05, 0) is 28.1 Å². The van der Waals surface area contributed by atoms with Gasteiger partial charge in [0.05, 0.1) is 5.69 Å². The van der Waals surface area contributed by atoms with Crippen molar-refractivity contribution >= 4 is 27.4 Å². The average Bonchev–Trinajstić information content (AvgIpc) is 2.22. The van der Waals surface area contributed by atoms with E-state index in [0.29, 0.717) is 16.1 Å². The molecule has 1 N–H and O–H groups in total. The molecule has 0 aliphatic heterocycles. The van der Waals surface area contributed by atoms with Crippen molar-refractivity contribution in [3.05, 3.63) is 47.1 Å². The van der Waals surface area contributed by atoms with Crippen LogP contribution in [0.4, 0.5) is 15.9 Å². The maximum Gasteiger partial charge on any atom is 0.146 e. The summed E-state index contributed by atoms with van der Waals surface area (Å²) in [5, 5.41) is 2.86. The minimum absolute atomic E-state index is 0.313. The lowest BCUT2D eigenvalue weighted by Gasteiger charge is -2.05. The third-order valence-corrected chi connectivity index (χ3v) is 2.20. The van der Waals surface area contributed by atoms with Crippen molar-refractivity contribution in [1.82, 2.24) is 9.97 Å². The van der Waals surface area contributed by atoms with E-state index in [1.165, 1.54) is 12.4 Å². The van der Waals surface area contributed by atoms with E-state index in [4.69, 9.17) is 0 Å². The van der Waals surface area contributed by atoms with Gasteiger partial charge in [-0.3, -0.25) is 0 Å². The summed E-state index contributed by atoms with van der Waals surface area (Å²) in [6.07, 6.45) is 1.40. The molecule has 0 aliphatic carbocycles. The van der Waals surface area contributed by atoms with Gasteiger partial charge in [0.25, 0.3) is 0 Å². The van der Waals surface area contributed by atoms with Crippen LogP contribution in [0.1, 0.15) is 0 Å². The molecule has 3 nitrogen and oxygen atoms in total. The van der Waals surface area contributed by atoms with Gasteiger partial charge in [0.1, 0.15) is 22.6 Å². The molecule has 5 heteroatoms. The highest BCUT2D eigenvalue weighted by molar-refractivity contribution is 9.10. The summed E-state index contributed by atoms with van der Waals surface area (Å²) in [6.45, 7) is 0. The van der Waals surface area contributed by atoms with E-state index in [0.717, 1.165) is 0 Å². The lowest BCUT2D eigenvalue weighted by atomic mass is 10.3. The van der Waals surface area contributed by atoms with Crippen molar-refractivity contribution < 1.29 is 4.39 Å². The molecule has 2 aromatic rings. The highest BCUT2D eigenvalue weighted by Crippen LogP contribution is 2.18. The quantitative estimate of drug-likeness (QED) is 0.850. The summed E-state index contributed by atoms with van der Waals surface area (Å²) in [4.78, 5) is 7.83. The van der Waals surface area contributed by atoms with Gasteiger partial charge in [-0.1, -0.05) is 12.1 Å². The first-order valence-corrected chi connectivity index (χ1v) is 5.04. The molecule has 76 valence electrons. The lowest BCUT2D eigenvalue weighted by Crippen LogP contribution is -1.96. The predicted molar refractivity (Wildman–Crippen MR) is 59.4 cm³/mol. The number of aromatic nitrogens is 2. The Morgan fingerprint density at radius 1 is 1.20 bits per heavy atom. The number of para-hydroxylation sites is 1. The van der Waals surface area contributed by atoms with Crippen molar-refractivity contribution in [3.8, 4) is 0 Å². The van der Waals surface area contributed by atoms with E-state index in [9.17, 15) is 4.39 Å². The van der Waals surface area contributed by atoms with Crippen molar-refractivity contribution in [2.24, 2.45) is 0 Å². The Hall–Kier alpha value is -1.49. The number of rotatable bonds is 2. The van der Waals surface area contributed by atoms with Crippen LogP contribution in [-0.2, 0) is 0 Å². The van der Waals surface area contributed by atoms with Gasteiger partial charge in [0.15, 0.2) is 0 Å². The molecule has 0 radical (unpaired) electrons. The largest absolute Gasteiger partial charge is 0.338 e. The molecule has 0 bridgehead atoms. The smallest absolute Gasteiger partial charge is 0.146 e. The summed E-state index contributed by atoms with van der Waals surface area (Å²) in [5.74, 6) is 0.231. The zero-order valence-corrected chi connectivity index (χ0v) is 9.20. The minimum Gasteiger partial charge on any atom is -0.338 e. The van der Waals surface area contributed by atoms with Crippen LogP contribution in [-0.4, -0.2) is 9.97 Å². The van der Waals surface area contributed by atoms with Crippen LogP contribution in [0, 0.1) is 5.82 Å². The number of halogens is 2. The predicted octanol–water partition coefficient (Wildman–Crippen LogP) is 3.12. The third-order valence-electron chi connectivity index (χ3n) is 1.77. The molecule has 0 saturated heterocycles. The molecule has 2 rings (SSSR count). The standard InChI is InChI=1S/C10H7BrFN3/c11-9-5-10(14-6-13-9)15-8-4-2-1-3-7(8)12/h1-6H,(H,13,14,15). The molecule has 0 amide bonds. The highest BCUT2D eigenvalue weighted by atomic mass is 79.9. The van der Waals surface area contributed by atoms with Crippen molar-refractivity contribution in [3.63, 3.8) is 0 Å². The Morgan fingerprint density at radius 2 is 2.00 bits per heavy atom. The van der Waals surface area contributed by atoms with E-state index >= 15 is 0 Å². The fourth-order valence-corrected chi connectivity index (χ4v) is 1.41. The van der Waals surface area contributed by atoms with Gasteiger partial charge in [0, 0.05) is 6.07 Å². The summed E-state index contributed by atoms with van der Waals surface area (Å²) in [5.41, 5.74) is 0.392. The zero-order chi connectivity index (χ0) is 10.7. The van der Waals surface area contributed by atoms with E-state index in [1.807, 2.05) is 0 Å². The summed E-state index contributed by atoms with van der Waals surface area (Å²) in [7, 11) is 0. The number of hydrogen-bond donors (Lipinski definition) is 1. The van der Waals surface area contributed by atoms with E-state index in [1.54, 1.807) is 24.3 Å². The Kier molecular flexibility index (Phi) is 2.91. The molecule has 1 heterocycles. The monoisotopic (exact) mass is 267 g/mol. The average molecular weight is 268 g/mol. The molecule has 0 saturated carbocycles. The lowest BCUT2D eigenvalue weighted by molar-refractivity contribution is 0.632. The van der Waals surface area contributed by atoms with Crippen LogP contribution in [0.15, 0.2) is 41.3 Å². The summed E-state index contributed by atoms with van der Waals surface area (Å²) in [6, 6.07) is 8.09. The van der Waals surface area contributed by atoms with Crippen LogP contribution in [0.5, 0.6) is 0 Å². The Morgan fingerprint density at radius 3 is 2.73 bits per heavy atom. The number of anilines is 2. The first kappa shape index (κ1) is 10.0. The van der Waals surface area contributed by atoms with E-state index < -0.39 is 0 Å². The van der Waals surface area contributed by atoms with Gasteiger partial charge in [-0.15, -0.1) is 0 Å². The topological polar surface area (TPSA) is 37.8 Å². The van der Waals surface area contributed by atoms with Crippen LogP contribution >= 0.6 is 15.9 Å². The number of nitrogens with zero attached hydrogens (tertiary/aromatic N) is 2. The van der Waals surface area contributed by atoms with Crippen molar-refractivity contribution in [2.75, 3.05) is 5.32 Å². The third kappa shape index (κ3) is 2.50. The number of benzene rings is 1. The molecule has 1 aromatic heterocycles.